The lowest BCUT2D eigenvalue weighted by Gasteiger charge is -2.56. The van der Waals surface area contributed by atoms with E-state index in [1.807, 2.05) is 52.0 Å². The predicted molar refractivity (Wildman–Crippen MR) is 112 cm³/mol. The first-order valence-electron chi connectivity index (χ1n) is 9.30. The smallest absolute Gasteiger partial charge is 0.410 e. The van der Waals surface area contributed by atoms with Crippen molar-refractivity contribution in [3.8, 4) is 6.07 Å². The Bertz CT molecular complexity index is 957. The number of aromatic nitrogens is 1. The summed E-state index contributed by atoms with van der Waals surface area (Å²) in [5.74, 6) is 0. The van der Waals surface area contributed by atoms with Gasteiger partial charge in [0.25, 0.3) is 0 Å². The average Bonchev–Trinajstić information content (AvgIpc) is 2.64. The van der Waals surface area contributed by atoms with Crippen LogP contribution in [0.3, 0.4) is 0 Å². The summed E-state index contributed by atoms with van der Waals surface area (Å²) in [6.45, 7) is 8.01. The highest BCUT2D eigenvalue weighted by atomic mass is 79.9. The van der Waals surface area contributed by atoms with Crippen LogP contribution in [0.5, 0.6) is 0 Å². The molecule has 2 aromatic rings. The fourth-order valence-electron chi connectivity index (χ4n) is 3.73. The molecule has 1 N–H and O–H groups in total. The van der Waals surface area contributed by atoms with E-state index in [-0.39, 0.29) is 0 Å². The summed E-state index contributed by atoms with van der Waals surface area (Å²) in [5, 5.41) is 21.3. The van der Waals surface area contributed by atoms with Crippen molar-refractivity contribution in [3.63, 3.8) is 0 Å². The third kappa shape index (κ3) is 4.00. The Morgan fingerprint density at radius 1 is 1.24 bits per heavy atom. The largest absolute Gasteiger partial charge is 0.444 e. The molecule has 1 saturated heterocycles. The molecule has 1 amide bonds. The Hall–Kier alpha value is -2.43. The van der Waals surface area contributed by atoms with Gasteiger partial charge in [0.05, 0.1) is 5.56 Å². The van der Waals surface area contributed by atoms with Gasteiger partial charge in [-0.2, -0.15) is 5.26 Å². The minimum Gasteiger partial charge on any atom is -0.444 e. The molecule has 1 unspecified atom stereocenters. The second-order valence-electron chi connectivity index (χ2n) is 8.69. The lowest BCUT2D eigenvalue weighted by atomic mass is 9.62. The number of nitrogens with zero attached hydrogens (tertiary/aromatic N) is 3. The summed E-state index contributed by atoms with van der Waals surface area (Å²) in [5.41, 5.74) is -1.16. The Balaban J connectivity index is 2.00. The fourth-order valence-corrected chi connectivity index (χ4v) is 4.00. The number of amides is 1. The molecule has 7 heteroatoms. The van der Waals surface area contributed by atoms with E-state index in [0.717, 1.165) is 4.47 Å². The van der Waals surface area contributed by atoms with Crippen molar-refractivity contribution in [1.82, 2.24) is 9.88 Å². The molecule has 6 nitrogen and oxygen atoms in total. The van der Waals surface area contributed by atoms with E-state index in [4.69, 9.17) is 4.74 Å². The maximum Gasteiger partial charge on any atom is 0.410 e. The SMILES string of the molecule is CC(C)(C)OC(=O)N1CC(C)(C(O)(c2ccc(Br)cc2)c2cncc(C#N)c2)C1. The molecule has 3 rings (SSSR count). The molecule has 0 radical (unpaired) electrons. The molecule has 1 aromatic carbocycles. The second kappa shape index (κ2) is 7.43. The van der Waals surface area contributed by atoms with Gasteiger partial charge < -0.3 is 14.7 Å². The molecule has 152 valence electrons. The highest BCUT2D eigenvalue weighted by molar-refractivity contribution is 9.10. The van der Waals surface area contributed by atoms with Crippen LogP contribution in [0, 0.1) is 16.7 Å². The van der Waals surface area contributed by atoms with Crippen molar-refractivity contribution in [2.75, 3.05) is 13.1 Å². The van der Waals surface area contributed by atoms with E-state index >= 15 is 0 Å². The van der Waals surface area contributed by atoms with Gasteiger partial charge in [0.15, 0.2) is 0 Å². The van der Waals surface area contributed by atoms with Crippen molar-refractivity contribution >= 4 is 22.0 Å². The molecular formula is C22H24BrN3O3. The van der Waals surface area contributed by atoms with Crippen molar-refractivity contribution in [3.05, 3.63) is 63.9 Å². The van der Waals surface area contributed by atoms with Crippen LogP contribution < -0.4 is 0 Å². The zero-order valence-electron chi connectivity index (χ0n) is 16.9. The number of carbonyl (C=O) groups is 1. The van der Waals surface area contributed by atoms with Crippen LogP contribution in [-0.2, 0) is 10.3 Å². The van der Waals surface area contributed by atoms with Crippen LogP contribution >= 0.6 is 15.9 Å². The standard InChI is InChI=1S/C22H24BrN3O3/c1-20(2,3)29-19(27)26-13-21(4,14-26)22(28,16-5-7-18(23)8-6-16)17-9-15(10-24)11-25-12-17/h5-9,11-12,28H,13-14H2,1-4H3. The summed E-state index contributed by atoms with van der Waals surface area (Å²) in [6, 6.07) is 11.1. The molecule has 2 heterocycles. The lowest BCUT2D eigenvalue weighted by molar-refractivity contribution is -0.131. The topological polar surface area (TPSA) is 86.4 Å². The Morgan fingerprint density at radius 2 is 1.86 bits per heavy atom. The van der Waals surface area contributed by atoms with Gasteiger partial charge in [0, 0.05) is 40.9 Å². The van der Waals surface area contributed by atoms with E-state index in [0.29, 0.717) is 29.8 Å². The number of benzene rings is 1. The third-order valence-electron chi connectivity index (χ3n) is 5.15. The highest BCUT2D eigenvalue weighted by Crippen LogP contribution is 2.50. The summed E-state index contributed by atoms with van der Waals surface area (Å²) >= 11 is 3.42. The van der Waals surface area contributed by atoms with E-state index in [1.165, 1.54) is 6.20 Å². The molecule has 29 heavy (non-hydrogen) atoms. The molecule has 1 aromatic heterocycles. The molecule has 1 aliphatic rings. The number of halogens is 1. The number of hydrogen-bond donors (Lipinski definition) is 1. The molecule has 1 aliphatic heterocycles. The van der Waals surface area contributed by atoms with E-state index in [1.54, 1.807) is 17.2 Å². The second-order valence-corrected chi connectivity index (χ2v) is 9.60. The van der Waals surface area contributed by atoms with Crippen LogP contribution in [0.4, 0.5) is 4.79 Å². The van der Waals surface area contributed by atoms with Crippen LogP contribution in [-0.4, -0.2) is 39.8 Å². The first kappa shape index (κ1) is 21.3. The summed E-state index contributed by atoms with van der Waals surface area (Å²) in [7, 11) is 0. The molecule has 0 bridgehead atoms. The number of aliphatic hydroxyl groups is 1. The van der Waals surface area contributed by atoms with Crippen LogP contribution in [0.2, 0.25) is 0 Å². The summed E-state index contributed by atoms with van der Waals surface area (Å²) < 4.78 is 6.35. The first-order valence-corrected chi connectivity index (χ1v) is 10.1. The normalized spacial score (nSPS) is 17.6. The molecule has 0 aliphatic carbocycles. The predicted octanol–water partition coefficient (Wildman–Crippen LogP) is 4.21. The quantitative estimate of drug-likeness (QED) is 0.745. The number of likely N-dealkylation sites (tertiary alicyclic amines) is 1. The number of carbonyl (C=O) groups excluding carboxylic acids is 1. The molecule has 1 atom stereocenters. The van der Waals surface area contributed by atoms with E-state index in [2.05, 4.69) is 27.0 Å². The zero-order chi connectivity index (χ0) is 21.4. The number of hydrogen-bond acceptors (Lipinski definition) is 5. The van der Waals surface area contributed by atoms with Crippen molar-refractivity contribution in [1.29, 1.82) is 5.26 Å². The van der Waals surface area contributed by atoms with Crippen molar-refractivity contribution in [2.45, 2.75) is 38.9 Å². The van der Waals surface area contributed by atoms with E-state index < -0.39 is 22.7 Å². The molecule has 0 saturated carbocycles. The monoisotopic (exact) mass is 457 g/mol. The molecular weight excluding hydrogens is 434 g/mol. The minimum absolute atomic E-state index is 0.311. The van der Waals surface area contributed by atoms with Gasteiger partial charge in [-0.15, -0.1) is 0 Å². The van der Waals surface area contributed by atoms with E-state index in [9.17, 15) is 15.2 Å². The zero-order valence-corrected chi connectivity index (χ0v) is 18.5. The minimum atomic E-state index is -1.44. The first-order chi connectivity index (χ1) is 13.5. The van der Waals surface area contributed by atoms with Gasteiger partial charge in [-0.3, -0.25) is 4.98 Å². The molecule has 1 fully saturated rings. The van der Waals surface area contributed by atoms with Gasteiger partial charge >= 0.3 is 6.09 Å². The third-order valence-corrected chi connectivity index (χ3v) is 5.68. The van der Waals surface area contributed by atoms with Gasteiger partial charge in [-0.1, -0.05) is 35.0 Å². The number of rotatable bonds is 3. The van der Waals surface area contributed by atoms with Gasteiger partial charge in [-0.05, 0) is 44.5 Å². The lowest BCUT2D eigenvalue weighted by Crippen LogP contribution is -2.66. The maximum atomic E-state index is 12.4. The van der Waals surface area contributed by atoms with Crippen LogP contribution in [0.25, 0.3) is 0 Å². The molecule has 0 spiro atoms. The Kier molecular flexibility index (Phi) is 5.46. The van der Waals surface area contributed by atoms with Gasteiger partial charge in [0.2, 0.25) is 0 Å². The number of nitriles is 1. The number of pyridine rings is 1. The highest BCUT2D eigenvalue weighted by Gasteiger charge is 2.58. The van der Waals surface area contributed by atoms with Crippen molar-refractivity contribution in [2.24, 2.45) is 5.41 Å². The van der Waals surface area contributed by atoms with Gasteiger partial charge in [-0.25, -0.2) is 4.79 Å². The van der Waals surface area contributed by atoms with Crippen molar-refractivity contribution < 1.29 is 14.6 Å². The number of ether oxygens (including phenoxy) is 1. The maximum absolute atomic E-state index is 12.4. The Morgan fingerprint density at radius 3 is 2.41 bits per heavy atom. The van der Waals surface area contributed by atoms with Gasteiger partial charge in [0.1, 0.15) is 17.3 Å². The fraction of sp³-hybridized carbons (Fsp3) is 0.409. The summed E-state index contributed by atoms with van der Waals surface area (Å²) in [4.78, 5) is 18.2. The Labute approximate surface area is 179 Å². The summed E-state index contributed by atoms with van der Waals surface area (Å²) in [6.07, 6.45) is 2.63. The van der Waals surface area contributed by atoms with Crippen LogP contribution in [0.15, 0.2) is 47.2 Å². The van der Waals surface area contributed by atoms with Crippen LogP contribution in [0.1, 0.15) is 44.4 Å². The average molecular weight is 458 g/mol.